The second-order valence-corrected chi connectivity index (χ2v) is 6.38. The Morgan fingerprint density at radius 3 is 2.65 bits per heavy atom. The number of fused-ring (bicyclic) bond motifs is 3. The Labute approximate surface area is 150 Å². The van der Waals surface area contributed by atoms with Crippen LogP contribution >= 0.6 is 0 Å². The van der Waals surface area contributed by atoms with Gasteiger partial charge in [-0.3, -0.25) is 13.8 Å². The van der Waals surface area contributed by atoms with Gasteiger partial charge < -0.3 is 4.74 Å². The summed E-state index contributed by atoms with van der Waals surface area (Å²) in [6, 6.07) is 13.6. The number of hydrogen-bond acceptors (Lipinski definition) is 4. The van der Waals surface area contributed by atoms with Gasteiger partial charge >= 0.3 is 0 Å². The first-order valence-corrected chi connectivity index (χ1v) is 8.65. The number of aryl methyl sites for hydroxylation is 3. The summed E-state index contributed by atoms with van der Waals surface area (Å²) in [6.07, 6.45) is 0. The van der Waals surface area contributed by atoms with Crippen LogP contribution in [0.3, 0.4) is 0 Å². The van der Waals surface area contributed by atoms with Gasteiger partial charge in [-0.2, -0.15) is 0 Å². The molecule has 0 saturated carbocycles. The quantitative estimate of drug-likeness (QED) is 0.568. The van der Waals surface area contributed by atoms with E-state index in [0.717, 1.165) is 16.8 Å². The molecule has 0 radical (unpaired) electrons. The Hall–Kier alpha value is -3.15. The van der Waals surface area contributed by atoms with Crippen LogP contribution < -0.4 is 10.3 Å². The molecule has 0 atom stereocenters. The highest BCUT2D eigenvalue weighted by Crippen LogP contribution is 2.21. The fraction of sp³-hybridized carbons (Fsp3) is 0.250. The average Bonchev–Trinajstić information content (AvgIpc) is 3.05. The predicted molar refractivity (Wildman–Crippen MR) is 101 cm³/mol. The molecule has 0 spiro atoms. The van der Waals surface area contributed by atoms with Crippen molar-refractivity contribution in [2.24, 2.45) is 0 Å². The average molecular weight is 348 g/mol. The lowest BCUT2D eigenvalue weighted by Crippen LogP contribution is -2.22. The maximum absolute atomic E-state index is 12.7. The molecule has 132 valence electrons. The van der Waals surface area contributed by atoms with E-state index in [1.807, 2.05) is 54.6 Å². The highest BCUT2D eigenvalue weighted by molar-refractivity contribution is 5.80. The van der Waals surface area contributed by atoms with Crippen molar-refractivity contribution < 1.29 is 4.74 Å². The van der Waals surface area contributed by atoms with Gasteiger partial charge in [0.25, 0.3) is 5.56 Å². The van der Waals surface area contributed by atoms with E-state index in [1.54, 1.807) is 4.57 Å². The van der Waals surface area contributed by atoms with Gasteiger partial charge in [0.2, 0.25) is 5.78 Å². The van der Waals surface area contributed by atoms with Gasteiger partial charge in [0.15, 0.2) is 5.82 Å². The minimum Gasteiger partial charge on any atom is -0.485 e. The van der Waals surface area contributed by atoms with E-state index >= 15 is 0 Å². The lowest BCUT2D eigenvalue weighted by atomic mass is 10.1. The Bertz CT molecular complexity index is 1170. The summed E-state index contributed by atoms with van der Waals surface area (Å²) in [6.45, 7) is 6.81. The molecule has 4 rings (SSSR count). The van der Waals surface area contributed by atoms with Crippen molar-refractivity contribution in [3.05, 3.63) is 69.8 Å². The lowest BCUT2D eigenvalue weighted by molar-refractivity contribution is 0.293. The predicted octanol–water partition coefficient (Wildman–Crippen LogP) is 3.26. The second kappa shape index (κ2) is 6.29. The summed E-state index contributed by atoms with van der Waals surface area (Å²) in [4.78, 5) is 12.7. The van der Waals surface area contributed by atoms with Crippen molar-refractivity contribution in [2.45, 2.75) is 33.9 Å². The minimum atomic E-state index is -0.0511. The fourth-order valence-electron chi connectivity index (χ4n) is 3.30. The van der Waals surface area contributed by atoms with Crippen LogP contribution in [0.2, 0.25) is 0 Å². The lowest BCUT2D eigenvalue weighted by Gasteiger charge is -2.11. The summed E-state index contributed by atoms with van der Waals surface area (Å²) in [5.74, 6) is 2.02. The van der Waals surface area contributed by atoms with Crippen LogP contribution in [0.1, 0.15) is 23.9 Å². The van der Waals surface area contributed by atoms with Crippen LogP contribution in [0.25, 0.3) is 16.7 Å². The number of para-hydroxylation sites is 1. The maximum Gasteiger partial charge on any atom is 0.262 e. The smallest absolute Gasteiger partial charge is 0.262 e. The third-order valence-electron chi connectivity index (χ3n) is 4.58. The van der Waals surface area contributed by atoms with Crippen LogP contribution in [0.5, 0.6) is 5.75 Å². The fourth-order valence-corrected chi connectivity index (χ4v) is 3.30. The molecule has 2 aromatic heterocycles. The first kappa shape index (κ1) is 16.3. The standard InChI is InChI=1S/C20H20N4O2/c1-4-23-19(25)15-7-5-6-8-16(15)24-18(21-22-20(23)24)12-26-17-10-9-13(2)11-14(17)3/h5-11H,4,12H2,1-3H3. The number of ether oxygens (including phenoxy) is 1. The van der Waals surface area contributed by atoms with E-state index < -0.39 is 0 Å². The van der Waals surface area contributed by atoms with Crippen LogP contribution in [0.15, 0.2) is 47.3 Å². The third-order valence-corrected chi connectivity index (χ3v) is 4.58. The molecule has 0 unspecified atom stereocenters. The number of aromatic nitrogens is 4. The normalized spacial score (nSPS) is 11.3. The van der Waals surface area contributed by atoms with Gasteiger partial charge in [0.1, 0.15) is 12.4 Å². The zero-order chi connectivity index (χ0) is 18.3. The van der Waals surface area contributed by atoms with Crippen molar-refractivity contribution in [3.63, 3.8) is 0 Å². The first-order valence-electron chi connectivity index (χ1n) is 8.65. The Balaban J connectivity index is 1.84. The molecule has 0 aliphatic heterocycles. The summed E-state index contributed by atoms with van der Waals surface area (Å²) in [5.41, 5.74) is 3.01. The summed E-state index contributed by atoms with van der Waals surface area (Å²) in [5, 5.41) is 9.18. The number of nitrogens with zero attached hydrogens (tertiary/aromatic N) is 4. The van der Waals surface area contributed by atoms with Crippen molar-refractivity contribution in [1.29, 1.82) is 0 Å². The molecule has 0 aliphatic carbocycles. The molecule has 0 N–H and O–H groups in total. The Morgan fingerprint density at radius 1 is 1.08 bits per heavy atom. The molecule has 0 fully saturated rings. The van der Waals surface area contributed by atoms with Crippen molar-refractivity contribution >= 4 is 16.7 Å². The minimum absolute atomic E-state index is 0.0511. The molecule has 0 aliphatic rings. The first-order chi connectivity index (χ1) is 12.6. The topological polar surface area (TPSA) is 61.4 Å². The van der Waals surface area contributed by atoms with Gasteiger partial charge in [-0.1, -0.05) is 29.8 Å². The van der Waals surface area contributed by atoms with Crippen molar-refractivity contribution in [3.8, 4) is 5.75 Å². The summed E-state index contributed by atoms with van der Waals surface area (Å²) in [7, 11) is 0. The number of benzene rings is 2. The number of rotatable bonds is 4. The van der Waals surface area contributed by atoms with E-state index in [-0.39, 0.29) is 12.2 Å². The van der Waals surface area contributed by atoms with Gasteiger partial charge in [0, 0.05) is 6.54 Å². The molecule has 2 heterocycles. The zero-order valence-electron chi connectivity index (χ0n) is 15.1. The van der Waals surface area contributed by atoms with Gasteiger partial charge in [-0.15, -0.1) is 10.2 Å². The van der Waals surface area contributed by atoms with Crippen LogP contribution in [-0.4, -0.2) is 19.2 Å². The van der Waals surface area contributed by atoms with E-state index in [1.165, 1.54) is 5.56 Å². The highest BCUT2D eigenvalue weighted by atomic mass is 16.5. The largest absolute Gasteiger partial charge is 0.485 e. The van der Waals surface area contributed by atoms with E-state index in [4.69, 9.17) is 4.74 Å². The maximum atomic E-state index is 12.7. The Kier molecular flexibility index (Phi) is 3.95. The summed E-state index contributed by atoms with van der Waals surface area (Å²) >= 11 is 0. The molecule has 0 amide bonds. The summed E-state index contributed by atoms with van der Waals surface area (Å²) < 4.78 is 9.53. The van der Waals surface area contributed by atoms with E-state index in [9.17, 15) is 4.79 Å². The molecular formula is C20H20N4O2. The zero-order valence-corrected chi connectivity index (χ0v) is 15.1. The van der Waals surface area contributed by atoms with Gasteiger partial charge in [-0.25, -0.2) is 0 Å². The van der Waals surface area contributed by atoms with Crippen molar-refractivity contribution in [1.82, 2.24) is 19.2 Å². The van der Waals surface area contributed by atoms with E-state index in [2.05, 4.69) is 23.2 Å². The van der Waals surface area contributed by atoms with Crippen LogP contribution in [-0.2, 0) is 13.2 Å². The van der Waals surface area contributed by atoms with Crippen LogP contribution in [0.4, 0.5) is 0 Å². The molecular weight excluding hydrogens is 328 g/mol. The number of hydrogen-bond donors (Lipinski definition) is 0. The molecule has 26 heavy (non-hydrogen) atoms. The highest BCUT2D eigenvalue weighted by Gasteiger charge is 2.16. The third kappa shape index (κ3) is 2.54. The van der Waals surface area contributed by atoms with Gasteiger partial charge in [0.05, 0.1) is 10.9 Å². The SMILES string of the molecule is CCn1c(=O)c2ccccc2n2c(COc3ccc(C)cc3C)nnc12. The molecule has 2 aromatic carbocycles. The molecule has 0 saturated heterocycles. The monoisotopic (exact) mass is 348 g/mol. The molecule has 6 heteroatoms. The Morgan fingerprint density at radius 2 is 1.88 bits per heavy atom. The van der Waals surface area contributed by atoms with E-state index in [0.29, 0.717) is 23.5 Å². The van der Waals surface area contributed by atoms with Crippen LogP contribution in [0, 0.1) is 13.8 Å². The molecule has 0 bridgehead atoms. The van der Waals surface area contributed by atoms with Gasteiger partial charge in [-0.05, 0) is 44.5 Å². The molecule has 6 nitrogen and oxygen atoms in total. The van der Waals surface area contributed by atoms with Crippen molar-refractivity contribution in [2.75, 3.05) is 0 Å². The molecule has 4 aromatic rings. The second-order valence-electron chi connectivity index (χ2n) is 6.38.